The van der Waals surface area contributed by atoms with Crippen molar-refractivity contribution < 1.29 is 29.0 Å². The number of benzene rings is 2. The molecule has 1 heterocycles. The smallest absolute Gasteiger partial charge is 0.408 e. The normalized spacial score (nSPS) is 15.2. The van der Waals surface area contributed by atoms with E-state index in [1.54, 1.807) is 25.7 Å². The minimum absolute atomic E-state index is 0.0375. The van der Waals surface area contributed by atoms with Crippen molar-refractivity contribution >= 4 is 35.3 Å². The van der Waals surface area contributed by atoms with Gasteiger partial charge in [0.05, 0.1) is 12.1 Å². The summed E-state index contributed by atoms with van der Waals surface area (Å²) in [6.07, 6.45) is -0.558. The Bertz CT molecular complexity index is 1160. The fourth-order valence-corrected chi connectivity index (χ4v) is 4.04. The number of aromatic carboxylic acids is 1. The zero-order valence-electron chi connectivity index (χ0n) is 22.5. The van der Waals surface area contributed by atoms with Crippen LogP contribution < -0.4 is 15.5 Å². The van der Waals surface area contributed by atoms with Crippen LogP contribution in [0.1, 0.15) is 50.5 Å². The lowest BCUT2D eigenvalue weighted by atomic mass is 10.0. The molecular formula is C28H36N4O6. The third kappa shape index (κ3) is 8.04. The molecule has 0 unspecified atom stereocenters. The number of hydrogen-bond acceptors (Lipinski definition) is 6. The molecule has 10 nitrogen and oxygen atoms in total. The first kappa shape index (κ1) is 28.6. The van der Waals surface area contributed by atoms with Crippen molar-refractivity contribution in [2.45, 2.75) is 58.7 Å². The number of carbonyl (C=O) groups excluding carboxylic acids is 3. The zero-order chi connectivity index (χ0) is 28.0. The summed E-state index contributed by atoms with van der Waals surface area (Å²) in [4.78, 5) is 53.3. The Balaban J connectivity index is 1.73. The summed E-state index contributed by atoms with van der Waals surface area (Å²) >= 11 is 0. The molecule has 3 N–H and O–H groups in total. The highest BCUT2D eigenvalue weighted by molar-refractivity contribution is 5.97. The molecule has 0 bridgehead atoms. The first-order valence-corrected chi connectivity index (χ1v) is 12.6. The van der Waals surface area contributed by atoms with Gasteiger partial charge in [0.25, 0.3) is 0 Å². The van der Waals surface area contributed by atoms with Crippen molar-refractivity contribution in [3.05, 3.63) is 59.7 Å². The summed E-state index contributed by atoms with van der Waals surface area (Å²) in [7, 11) is 0. The fraction of sp³-hybridized carbons (Fsp3) is 0.429. The average Bonchev–Trinajstić information content (AvgIpc) is 2.83. The summed E-state index contributed by atoms with van der Waals surface area (Å²) in [5.74, 6) is -1.52. The van der Waals surface area contributed by atoms with Crippen LogP contribution >= 0.6 is 0 Å². The van der Waals surface area contributed by atoms with Crippen molar-refractivity contribution in [3.63, 3.8) is 0 Å². The second kappa shape index (κ2) is 12.1. The Hall–Kier alpha value is -3.92. The summed E-state index contributed by atoms with van der Waals surface area (Å²) in [6.45, 7) is 11.1. The number of hydrogen-bond donors (Lipinski definition) is 3. The molecule has 0 saturated carbocycles. The number of carboxylic acid groups (broad SMARTS) is 1. The van der Waals surface area contributed by atoms with Gasteiger partial charge in [-0.3, -0.25) is 14.5 Å². The molecule has 3 amide bonds. The van der Waals surface area contributed by atoms with Crippen LogP contribution in [0.15, 0.2) is 48.5 Å². The third-order valence-electron chi connectivity index (χ3n) is 6.08. The summed E-state index contributed by atoms with van der Waals surface area (Å²) in [5.41, 5.74) is 1.30. The number of carbonyl (C=O) groups is 4. The largest absolute Gasteiger partial charge is 0.478 e. The molecule has 1 atom stereocenters. The molecule has 2 aromatic rings. The van der Waals surface area contributed by atoms with Crippen molar-refractivity contribution in [2.75, 3.05) is 29.9 Å². The fourth-order valence-electron chi connectivity index (χ4n) is 4.04. The molecule has 2 aromatic carbocycles. The third-order valence-corrected chi connectivity index (χ3v) is 6.08. The number of ether oxygens (including phenoxy) is 1. The van der Waals surface area contributed by atoms with Crippen molar-refractivity contribution in [1.29, 1.82) is 0 Å². The number of alkyl carbamates (subject to hydrolysis) is 1. The number of nitrogens with one attached hydrogen (secondary N) is 2. The van der Waals surface area contributed by atoms with E-state index in [1.807, 2.05) is 24.3 Å². The molecule has 0 aliphatic carbocycles. The van der Waals surface area contributed by atoms with Gasteiger partial charge in [0.15, 0.2) is 0 Å². The van der Waals surface area contributed by atoms with Crippen LogP contribution in [-0.2, 0) is 20.7 Å². The Labute approximate surface area is 222 Å². The molecule has 0 spiro atoms. The minimum atomic E-state index is -1.07. The predicted octanol–water partition coefficient (Wildman–Crippen LogP) is 3.52. The Kier molecular flexibility index (Phi) is 9.11. The van der Waals surface area contributed by atoms with Gasteiger partial charge in [-0.1, -0.05) is 12.1 Å². The van der Waals surface area contributed by atoms with Crippen LogP contribution in [0.2, 0.25) is 0 Å². The molecule has 1 aliphatic rings. The molecule has 1 fully saturated rings. The SMILES string of the molecule is CC(C)N1CCN(c2ccc(C[C@H](NC(=O)OC(C)(C)C)C(=O)Nc3ccc(C(=O)O)cc3)cc2)C(=O)C1. The molecule has 0 aromatic heterocycles. The topological polar surface area (TPSA) is 128 Å². The number of piperazine rings is 1. The molecule has 10 heteroatoms. The summed E-state index contributed by atoms with van der Waals surface area (Å²) in [5, 5.41) is 14.4. The maximum absolute atomic E-state index is 13.1. The number of nitrogens with zero attached hydrogens (tertiary/aromatic N) is 2. The van der Waals surface area contributed by atoms with Crippen LogP contribution in [0.5, 0.6) is 0 Å². The highest BCUT2D eigenvalue weighted by Gasteiger charge is 2.27. The second-order valence-corrected chi connectivity index (χ2v) is 10.6. The monoisotopic (exact) mass is 524 g/mol. The maximum atomic E-state index is 13.1. The van der Waals surface area contributed by atoms with E-state index in [0.717, 1.165) is 17.8 Å². The van der Waals surface area contributed by atoms with Crippen molar-refractivity contribution in [2.24, 2.45) is 0 Å². The van der Waals surface area contributed by atoms with E-state index in [-0.39, 0.29) is 17.9 Å². The van der Waals surface area contributed by atoms with Gasteiger partial charge in [0.2, 0.25) is 11.8 Å². The number of anilines is 2. The van der Waals surface area contributed by atoms with E-state index in [9.17, 15) is 19.2 Å². The maximum Gasteiger partial charge on any atom is 0.408 e. The van der Waals surface area contributed by atoms with Crippen LogP contribution in [0, 0.1) is 0 Å². The van der Waals surface area contributed by atoms with Gasteiger partial charge in [-0.25, -0.2) is 9.59 Å². The van der Waals surface area contributed by atoms with E-state index in [0.29, 0.717) is 24.8 Å². The van der Waals surface area contributed by atoms with Gasteiger partial charge in [0, 0.05) is 36.9 Å². The van der Waals surface area contributed by atoms with Crippen molar-refractivity contribution in [3.8, 4) is 0 Å². The Morgan fingerprint density at radius 2 is 1.63 bits per heavy atom. The van der Waals surface area contributed by atoms with Gasteiger partial charge >= 0.3 is 12.1 Å². The Morgan fingerprint density at radius 3 is 2.16 bits per heavy atom. The summed E-state index contributed by atoms with van der Waals surface area (Å²) < 4.78 is 5.34. The van der Waals surface area contributed by atoms with Crippen LogP contribution in [0.4, 0.5) is 16.2 Å². The molecule has 1 saturated heterocycles. The van der Waals surface area contributed by atoms with Crippen LogP contribution in [-0.4, -0.2) is 71.2 Å². The molecule has 1 aliphatic heterocycles. The predicted molar refractivity (Wildman–Crippen MR) is 144 cm³/mol. The van der Waals surface area contributed by atoms with Crippen LogP contribution in [0.25, 0.3) is 0 Å². The van der Waals surface area contributed by atoms with Gasteiger partial charge in [-0.15, -0.1) is 0 Å². The highest BCUT2D eigenvalue weighted by atomic mass is 16.6. The number of rotatable bonds is 8. The first-order chi connectivity index (χ1) is 17.8. The first-order valence-electron chi connectivity index (χ1n) is 12.6. The van der Waals surface area contributed by atoms with Gasteiger partial charge in [-0.2, -0.15) is 0 Å². The molecule has 0 radical (unpaired) electrons. The van der Waals surface area contributed by atoms with E-state index in [1.165, 1.54) is 24.3 Å². The highest BCUT2D eigenvalue weighted by Crippen LogP contribution is 2.20. The number of amides is 3. The summed E-state index contributed by atoms with van der Waals surface area (Å²) in [6, 6.07) is 12.4. The van der Waals surface area contributed by atoms with E-state index >= 15 is 0 Å². The lowest BCUT2D eigenvalue weighted by Gasteiger charge is -2.36. The minimum Gasteiger partial charge on any atom is -0.478 e. The molecule has 38 heavy (non-hydrogen) atoms. The van der Waals surface area contributed by atoms with E-state index in [2.05, 4.69) is 29.4 Å². The van der Waals surface area contributed by atoms with E-state index < -0.39 is 29.6 Å². The number of carboxylic acids is 1. The lowest BCUT2D eigenvalue weighted by molar-refractivity contribution is -0.121. The average molecular weight is 525 g/mol. The van der Waals surface area contributed by atoms with Crippen LogP contribution in [0.3, 0.4) is 0 Å². The second-order valence-electron chi connectivity index (χ2n) is 10.6. The van der Waals surface area contributed by atoms with Gasteiger partial charge in [0.1, 0.15) is 11.6 Å². The van der Waals surface area contributed by atoms with Gasteiger partial charge < -0.3 is 25.4 Å². The zero-order valence-corrected chi connectivity index (χ0v) is 22.5. The molecular weight excluding hydrogens is 488 g/mol. The van der Waals surface area contributed by atoms with Crippen molar-refractivity contribution in [1.82, 2.24) is 10.2 Å². The lowest BCUT2D eigenvalue weighted by Crippen LogP contribution is -2.52. The molecule has 3 rings (SSSR count). The standard InChI is InChI=1S/C28H36N4O6/c1-18(2)31-14-15-32(24(33)17-31)22-12-6-19(7-13-22)16-23(30-27(37)38-28(3,4)5)25(34)29-21-10-8-20(9-11-21)26(35)36/h6-13,18,23H,14-17H2,1-5H3,(H,29,34)(H,30,37)(H,35,36)/t23-/m0/s1. The molecule has 204 valence electrons. The Morgan fingerprint density at radius 1 is 1.00 bits per heavy atom. The quantitative estimate of drug-likeness (QED) is 0.482. The van der Waals surface area contributed by atoms with Gasteiger partial charge in [-0.05, 0) is 76.6 Å². The van der Waals surface area contributed by atoms with E-state index in [4.69, 9.17) is 9.84 Å².